The van der Waals surface area contributed by atoms with E-state index < -0.39 is 0 Å². The molecule has 0 bridgehead atoms. The molecule has 2 aromatic rings. The second-order valence-corrected chi connectivity index (χ2v) is 4.78. The van der Waals surface area contributed by atoms with Gasteiger partial charge in [0.05, 0.1) is 30.1 Å². The van der Waals surface area contributed by atoms with Crippen molar-refractivity contribution in [3.8, 4) is 11.5 Å². The van der Waals surface area contributed by atoms with E-state index in [9.17, 15) is 0 Å². The van der Waals surface area contributed by atoms with Crippen molar-refractivity contribution < 1.29 is 9.47 Å². The molecule has 2 rings (SSSR count). The number of methoxy groups -OCH3 is 2. The number of nitrogen functional groups attached to an aromatic ring is 1. The molecule has 0 aliphatic carbocycles. The molecule has 0 aromatic heterocycles. The average molecular weight is 323 g/mol. The van der Waals surface area contributed by atoms with Gasteiger partial charge >= 0.3 is 0 Å². The Hall–Kier alpha value is -1.88. The summed E-state index contributed by atoms with van der Waals surface area (Å²) >= 11 is 3.42. The zero-order valence-corrected chi connectivity index (χ0v) is 12.3. The third-order valence-electron chi connectivity index (χ3n) is 2.69. The fraction of sp³-hybridized carbons (Fsp3) is 0.143. The molecule has 0 fully saturated rings. The van der Waals surface area contributed by atoms with Crippen LogP contribution in [0.1, 0.15) is 0 Å². The van der Waals surface area contributed by atoms with Gasteiger partial charge in [-0.1, -0.05) is 0 Å². The predicted molar refractivity (Wildman–Crippen MR) is 81.4 cm³/mol. The number of nitrogens with two attached hydrogens (primary N) is 1. The average Bonchev–Trinajstić information content (AvgIpc) is 2.43. The number of hydrogen-bond donors (Lipinski definition) is 2. The lowest BCUT2D eigenvalue weighted by Crippen LogP contribution is -1.97. The number of benzene rings is 2. The molecular formula is C14H15BrN2O2. The third kappa shape index (κ3) is 3.12. The number of nitrogens with one attached hydrogen (secondary N) is 1. The van der Waals surface area contributed by atoms with E-state index >= 15 is 0 Å². The van der Waals surface area contributed by atoms with E-state index in [-0.39, 0.29) is 0 Å². The third-order valence-corrected chi connectivity index (χ3v) is 3.35. The summed E-state index contributed by atoms with van der Waals surface area (Å²) in [7, 11) is 3.25. The van der Waals surface area contributed by atoms with E-state index in [0.29, 0.717) is 5.69 Å². The Morgan fingerprint density at radius 1 is 1.05 bits per heavy atom. The van der Waals surface area contributed by atoms with E-state index in [1.807, 2.05) is 30.3 Å². The van der Waals surface area contributed by atoms with E-state index in [2.05, 4.69) is 21.2 Å². The maximum Gasteiger partial charge on any atom is 0.135 e. The van der Waals surface area contributed by atoms with Crippen LogP contribution >= 0.6 is 15.9 Å². The van der Waals surface area contributed by atoms with Crippen LogP contribution in [0.4, 0.5) is 17.1 Å². The highest BCUT2D eigenvalue weighted by Crippen LogP contribution is 2.32. The highest BCUT2D eigenvalue weighted by atomic mass is 79.9. The van der Waals surface area contributed by atoms with Gasteiger partial charge in [-0.3, -0.25) is 0 Å². The quantitative estimate of drug-likeness (QED) is 0.841. The standard InChI is InChI=1S/C14H15BrN2O2/c1-18-10-4-6-12(16)13(8-10)17-9-3-5-11(15)14(7-9)19-2/h3-8,17H,16H2,1-2H3. The minimum Gasteiger partial charge on any atom is -0.497 e. The number of rotatable bonds is 4. The summed E-state index contributed by atoms with van der Waals surface area (Å²) in [5, 5.41) is 3.24. The Morgan fingerprint density at radius 3 is 2.53 bits per heavy atom. The maximum absolute atomic E-state index is 5.93. The summed E-state index contributed by atoms with van der Waals surface area (Å²) in [6.07, 6.45) is 0. The van der Waals surface area contributed by atoms with Crippen LogP contribution in [0.5, 0.6) is 11.5 Å². The second-order valence-electron chi connectivity index (χ2n) is 3.93. The summed E-state index contributed by atoms with van der Waals surface area (Å²) in [6.45, 7) is 0. The number of ether oxygens (including phenoxy) is 2. The van der Waals surface area contributed by atoms with Gasteiger partial charge in [0.1, 0.15) is 11.5 Å². The summed E-state index contributed by atoms with van der Waals surface area (Å²) in [5.41, 5.74) is 8.27. The molecule has 0 unspecified atom stereocenters. The largest absolute Gasteiger partial charge is 0.497 e. The smallest absolute Gasteiger partial charge is 0.135 e. The summed E-state index contributed by atoms with van der Waals surface area (Å²) in [5.74, 6) is 1.51. The second kappa shape index (κ2) is 5.84. The zero-order valence-electron chi connectivity index (χ0n) is 10.7. The summed E-state index contributed by atoms with van der Waals surface area (Å²) in [4.78, 5) is 0. The topological polar surface area (TPSA) is 56.5 Å². The first-order valence-corrected chi connectivity index (χ1v) is 6.47. The Balaban J connectivity index is 2.30. The number of hydrogen-bond acceptors (Lipinski definition) is 4. The Labute approximate surface area is 120 Å². The van der Waals surface area contributed by atoms with Crippen molar-refractivity contribution in [2.24, 2.45) is 0 Å². The highest BCUT2D eigenvalue weighted by Gasteiger charge is 2.05. The van der Waals surface area contributed by atoms with E-state index in [0.717, 1.165) is 27.3 Å². The van der Waals surface area contributed by atoms with Crippen molar-refractivity contribution in [3.63, 3.8) is 0 Å². The van der Waals surface area contributed by atoms with Crippen LogP contribution in [0.15, 0.2) is 40.9 Å². The van der Waals surface area contributed by atoms with Crippen LogP contribution in [0, 0.1) is 0 Å². The molecule has 19 heavy (non-hydrogen) atoms. The first kappa shape index (κ1) is 13.5. The Kier molecular flexibility index (Phi) is 4.16. The van der Waals surface area contributed by atoms with Crippen molar-refractivity contribution >= 4 is 33.0 Å². The van der Waals surface area contributed by atoms with Crippen molar-refractivity contribution in [2.75, 3.05) is 25.3 Å². The highest BCUT2D eigenvalue weighted by molar-refractivity contribution is 9.10. The molecule has 0 saturated carbocycles. The van der Waals surface area contributed by atoms with Crippen molar-refractivity contribution in [3.05, 3.63) is 40.9 Å². The molecule has 2 aromatic carbocycles. The number of anilines is 3. The van der Waals surface area contributed by atoms with Gasteiger partial charge < -0.3 is 20.5 Å². The monoisotopic (exact) mass is 322 g/mol. The number of halogens is 1. The van der Waals surface area contributed by atoms with Gasteiger partial charge in [-0.25, -0.2) is 0 Å². The predicted octanol–water partition coefficient (Wildman–Crippen LogP) is 3.79. The molecule has 0 radical (unpaired) electrons. The molecule has 100 valence electrons. The van der Waals surface area contributed by atoms with Gasteiger partial charge in [0, 0.05) is 17.8 Å². The summed E-state index contributed by atoms with van der Waals surface area (Å²) in [6, 6.07) is 11.2. The Bertz CT molecular complexity index is 588. The minimum absolute atomic E-state index is 0.655. The summed E-state index contributed by atoms with van der Waals surface area (Å²) < 4.78 is 11.3. The van der Waals surface area contributed by atoms with Gasteiger partial charge in [0.2, 0.25) is 0 Å². The lowest BCUT2D eigenvalue weighted by Gasteiger charge is -2.12. The van der Waals surface area contributed by atoms with Crippen molar-refractivity contribution in [1.82, 2.24) is 0 Å². The first-order valence-electron chi connectivity index (χ1n) is 5.68. The molecule has 4 nitrogen and oxygen atoms in total. The molecule has 0 saturated heterocycles. The van der Waals surface area contributed by atoms with Crippen LogP contribution in [-0.2, 0) is 0 Å². The van der Waals surface area contributed by atoms with E-state index in [1.165, 1.54) is 0 Å². The van der Waals surface area contributed by atoms with Crippen molar-refractivity contribution in [2.45, 2.75) is 0 Å². The lowest BCUT2D eigenvalue weighted by atomic mass is 10.2. The van der Waals surface area contributed by atoms with E-state index in [4.69, 9.17) is 15.2 Å². The van der Waals surface area contributed by atoms with Gasteiger partial charge in [-0.15, -0.1) is 0 Å². The normalized spacial score (nSPS) is 10.1. The molecule has 0 spiro atoms. The maximum atomic E-state index is 5.93. The fourth-order valence-electron chi connectivity index (χ4n) is 1.66. The van der Waals surface area contributed by atoms with E-state index in [1.54, 1.807) is 20.3 Å². The molecule has 0 heterocycles. The van der Waals surface area contributed by atoms with Crippen LogP contribution in [-0.4, -0.2) is 14.2 Å². The molecule has 0 aliphatic rings. The van der Waals surface area contributed by atoms with Gasteiger partial charge in [0.15, 0.2) is 0 Å². The zero-order chi connectivity index (χ0) is 13.8. The molecular weight excluding hydrogens is 308 g/mol. The van der Waals surface area contributed by atoms with Crippen LogP contribution in [0.25, 0.3) is 0 Å². The molecule has 0 atom stereocenters. The van der Waals surface area contributed by atoms with Crippen LogP contribution in [0.2, 0.25) is 0 Å². The van der Waals surface area contributed by atoms with Gasteiger partial charge in [0.25, 0.3) is 0 Å². The lowest BCUT2D eigenvalue weighted by molar-refractivity contribution is 0.412. The van der Waals surface area contributed by atoms with Crippen LogP contribution < -0.4 is 20.5 Å². The fourth-order valence-corrected chi connectivity index (χ4v) is 2.07. The molecule has 3 N–H and O–H groups in total. The SMILES string of the molecule is COc1ccc(N)c(Nc2ccc(Br)c(OC)c2)c1. The van der Waals surface area contributed by atoms with Gasteiger partial charge in [-0.05, 0) is 40.2 Å². The van der Waals surface area contributed by atoms with Gasteiger partial charge in [-0.2, -0.15) is 0 Å². The first-order chi connectivity index (χ1) is 9.13. The molecule has 0 aliphatic heterocycles. The Morgan fingerprint density at radius 2 is 1.84 bits per heavy atom. The minimum atomic E-state index is 0.655. The van der Waals surface area contributed by atoms with Crippen molar-refractivity contribution in [1.29, 1.82) is 0 Å². The van der Waals surface area contributed by atoms with Crippen LogP contribution in [0.3, 0.4) is 0 Å². The molecule has 5 heteroatoms. The molecule has 0 amide bonds.